The third-order valence-electron chi connectivity index (χ3n) is 3.82. The van der Waals surface area contributed by atoms with Crippen LogP contribution in [0.25, 0.3) is 0 Å². The molecule has 4 atom stereocenters. The molecule has 0 heterocycles. The Balaban J connectivity index is 1.91. The number of ether oxygens (including phenoxy) is 1. The summed E-state index contributed by atoms with van der Waals surface area (Å²) in [6.45, 7) is 0. The van der Waals surface area contributed by atoms with Gasteiger partial charge in [0.15, 0.2) is 11.6 Å². The quantitative estimate of drug-likeness (QED) is 0.593. The van der Waals surface area contributed by atoms with Crippen molar-refractivity contribution in [2.75, 3.05) is 7.11 Å². The second kappa shape index (κ2) is 2.90. The molecule has 1 fully saturated rings. The number of hydrogen-bond donors (Lipinski definition) is 0. The van der Waals surface area contributed by atoms with E-state index in [2.05, 4.69) is 4.74 Å². The van der Waals surface area contributed by atoms with Crippen LogP contribution in [-0.2, 0) is 19.1 Å². The molecular weight excluding hydrogens is 208 g/mol. The highest BCUT2D eigenvalue weighted by atomic mass is 16.5. The van der Waals surface area contributed by atoms with Crippen LogP contribution in [0.2, 0.25) is 0 Å². The molecule has 3 aliphatic rings. The third-order valence-corrected chi connectivity index (χ3v) is 3.82. The molecule has 1 saturated carbocycles. The van der Waals surface area contributed by atoms with Gasteiger partial charge in [0.2, 0.25) is 0 Å². The first-order chi connectivity index (χ1) is 7.65. The van der Waals surface area contributed by atoms with Crippen molar-refractivity contribution in [2.45, 2.75) is 0 Å². The first-order valence-electron chi connectivity index (χ1n) is 5.21. The number of methoxy groups -OCH3 is 1. The summed E-state index contributed by atoms with van der Waals surface area (Å²) in [5.74, 6) is -0.974. The Morgan fingerprint density at radius 1 is 1.12 bits per heavy atom. The predicted octanol–water partition coefficient (Wildman–Crippen LogP) is 0.286. The van der Waals surface area contributed by atoms with Crippen LogP contribution in [0.5, 0.6) is 0 Å². The van der Waals surface area contributed by atoms with Crippen LogP contribution in [0.15, 0.2) is 23.8 Å². The lowest BCUT2D eigenvalue weighted by Crippen LogP contribution is -2.60. The molecule has 0 aliphatic heterocycles. The highest BCUT2D eigenvalue weighted by Gasteiger charge is 2.62. The van der Waals surface area contributed by atoms with E-state index >= 15 is 0 Å². The van der Waals surface area contributed by atoms with Gasteiger partial charge in [0.05, 0.1) is 7.11 Å². The molecule has 0 unspecified atom stereocenters. The summed E-state index contributed by atoms with van der Waals surface area (Å²) in [6.07, 6.45) is 4.44. The van der Waals surface area contributed by atoms with Crippen LogP contribution in [-0.4, -0.2) is 24.6 Å². The van der Waals surface area contributed by atoms with Gasteiger partial charge in [-0.2, -0.15) is 0 Å². The number of allylic oxidation sites excluding steroid dienone is 3. The van der Waals surface area contributed by atoms with Crippen molar-refractivity contribution in [1.82, 2.24) is 0 Å². The number of esters is 1. The van der Waals surface area contributed by atoms with Crippen molar-refractivity contribution in [3.63, 3.8) is 0 Å². The molecule has 0 N–H and O–H groups in total. The fraction of sp³-hybridized carbons (Fsp3) is 0.417. The first-order valence-corrected chi connectivity index (χ1v) is 5.21. The third kappa shape index (κ3) is 0.919. The fourth-order valence-electron chi connectivity index (χ4n) is 3.02. The van der Waals surface area contributed by atoms with Gasteiger partial charge in [0.25, 0.3) is 0 Å². The van der Waals surface area contributed by atoms with Crippen molar-refractivity contribution >= 4 is 17.5 Å². The van der Waals surface area contributed by atoms with Gasteiger partial charge in [-0.05, 0) is 18.1 Å². The van der Waals surface area contributed by atoms with Crippen LogP contribution < -0.4 is 0 Å². The van der Waals surface area contributed by atoms with Gasteiger partial charge < -0.3 is 4.74 Å². The molecule has 0 aromatic carbocycles. The molecule has 82 valence electrons. The van der Waals surface area contributed by atoms with Crippen LogP contribution in [0, 0.1) is 23.7 Å². The summed E-state index contributed by atoms with van der Waals surface area (Å²) in [4.78, 5) is 34.5. The van der Waals surface area contributed by atoms with E-state index in [1.54, 1.807) is 6.08 Å². The molecule has 4 nitrogen and oxygen atoms in total. The van der Waals surface area contributed by atoms with E-state index in [1.807, 2.05) is 0 Å². The minimum absolute atomic E-state index is 0.00557. The Hall–Kier alpha value is -1.71. The van der Waals surface area contributed by atoms with E-state index in [9.17, 15) is 14.4 Å². The van der Waals surface area contributed by atoms with Gasteiger partial charge in [0.1, 0.15) is 0 Å². The predicted molar refractivity (Wildman–Crippen MR) is 53.2 cm³/mol. The zero-order valence-electron chi connectivity index (χ0n) is 8.67. The molecular formula is C12H10O4. The Morgan fingerprint density at radius 2 is 1.75 bits per heavy atom. The van der Waals surface area contributed by atoms with Crippen molar-refractivity contribution in [2.24, 2.45) is 23.7 Å². The summed E-state index contributed by atoms with van der Waals surface area (Å²) >= 11 is 0. The summed E-state index contributed by atoms with van der Waals surface area (Å²) in [5.41, 5.74) is 0.560. The molecule has 4 heteroatoms. The highest BCUT2D eigenvalue weighted by molar-refractivity contribution is 6.11. The van der Waals surface area contributed by atoms with Crippen molar-refractivity contribution in [3.05, 3.63) is 23.8 Å². The van der Waals surface area contributed by atoms with E-state index in [1.165, 1.54) is 19.3 Å². The highest BCUT2D eigenvalue weighted by Crippen LogP contribution is 2.59. The van der Waals surface area contributed by atoms with E-state index in [0.29, 0.717) is 5.57 Å². The maximum atomic E-state index is 11.6. The van der Waals surface area contributed by atoms with E-state index in [0.717, 1.165) is 0 Å². The summed E-state index contributed by atoms with van der Waals surface area (Å²) in [6, 6.07) is 0. The molecule has 0 saturated heterocycles. The van der Waals surface area contributed by atoms with Crippen molar-refractivity contribution in [3.8, 4) is 0 Å². The van der Waals surface area contributed by atoms with Crippen LogP contribution in [0.3, 0.4) is 0 Å². The number of ketones is 2. The largest absolute Gasteiger partial charge is 0.466 e. The smallest absolute Gasteiger partial charge is 0.333 e. The number of carbonyl (C=O) groups is 3. The first kappa shape index (κ1) is 9.51. The second-order valence-electron chi connectivity index (χ2n) is 4.41. The van der Waals surface area contributed by atoms with Crippen LogP contribution in [0.1, 0.15) is 0 Å². The lowest BCUT2D eigenvalue weighted by Gasteiger charge is -2.55. The van der Waals surface area contributed by atoms with Gasteiger partial charge >= 0.3 is 5.97 Å². The standard InChI is InChI=1S/C12H10O4/c1-16-12(15)6-4-5-9(6)11-8(14)3-2-7(13)10(5)11/h2-5,9-11H,1H3/t5-,9-,10+,11+/m1/s1. The van der Waals surface area contributed by atoms with E-state index in [4.69, 9.17) is 0 Å². The maximum absolute atomic E-state index is 11.6. The minimum atomic E-state index is -0.380. The average Bonchev–Trinajstić information content (AvgIpc) is 2.24. The Morgan fingerprint density at radius 3 is 2.38 bits per heavy atom. The van der Waals surface area contributed by atoms with Crippen LogP contribution >= 0.6 is 0 Å². The summed E-state index contributed by atoms with van der Waals surface area (Å²) in [5, 5.41) is 0. The van der Waals surface area contributed by atoms with E-state index in [-0.39, 0.29) is 41.2 Å². The van der Waals surface area contributed by atoms with E-state index < -0.39 is 0 Å². The summed E-state index contributed by atoms with van der Waals surface area (Å²) < 4.78 is 4.63. The lowest BCUT2D eigenvalue weighted by atomic mass is 9.45. The molecule has 0 bridgehead atoms. The van der Waals surface area contributed by atoms with Crippen molar-refractivity contribution in [1.29, 1.82) is 0 Å². The molecule has 0 amide bonds. The molecule has 3 aliphatic carbocycles. The lowest BCUT2D eigenvalue weighted by molar-refractivity contribution is -0.150. The van der Waals surface area contributed by atoms with Crippen molar-refractivity contribution < 1.29 is 19.1 Å². The minimum Gasteiger partial charge on any atom is -0.466 e. The topological polar surface area (TPSA) is 60.4 Å². The number of carbonyl (C=O) groups excluding carboxylic acids is 3. The SMILES string of the molecule is COC(=O)C1=C[C@H]2[C@H]3C(=O)C=CC(=O)[C@H]3[C@@H]12. The van der Waals surface area contributed by atoms with Gasteiger partial charge in [-0.15, -0.1) is 0 Å². The zero-order chi connectivity index (χ0) is 11.4. The molecule has 16 heavy (non-hydrogen) atoms. The second-order valence-corrected chi connectivity index (χ2v) is 4.41. The number of hydrogen-bond acceptors (Lipinski definition) is 4. The monoisotopic (exact) mass is 218 g/mol. The number of fused-ring (bicyclic) bond motifs is 4. The van der Waals surface area contributed by atoms with Crippen LogP contribution in [0.4, 0.5) is 0 Å². The Kier molecular flexibility index (Phi) is 1.73. The normalized spacial score (nSPS) is 38.9. The fourth-order valence-corrected chi connectivity index (χ4v) is 3.02. The molecule has 3 rings (SSSR count). The molecule has 0 radical (unpaired) electrons. The Bertz CT molecular complexity index is 471. The molecule has 0 aromatic heterocycles. The summed E-state index contributed by atoms with van der Waals surface area (Å²) in [7, 11) is 1.32. The van der Waals surface area contributed by atoms with Gasteiger partial charge in [0, 0.05) is 23.3 Å². The molecule has 0 aromatic rings. The van der Waals surface area contributed by atoms with Gasteiger partial charge in [-0.25, -0.2) is 4.79 Å². The van der Waals surface area contributed by atoms with Gasteiger partial charge in [-0.3, -0.25) is 9.59 Å². The van der Waals surface area contributed by atoms with Gasteiger partial charge in [-0.1, -0.05) is 6.08 Å². The average molecular weight is 218 g/mol. The zero-order valence-corrected chi connectivity index (χ0v) is 8.67. The maximum Gasteiger partial charge on any atom is 0.333 e. The molecule has 0 spiro atoms. The number of rotatable bonds is 1. The Labute approximate surface area is 92.0 Å².